The molecule has 2 N–H and O–H groups in total. The minimum Gasteiger partial charge on any atom is -0.455 e. The van der Waals surface area contributed by atoms with E-state index < -0.39 is 40.8 Å². The number of alkyl halides is 3. The summed E-state index contributed by atoms with van der Waals surface area (Å²) in [6, 6.07) is 4.43. The molecule has 0 bridgehead atoms. The van der Waals surface area contributed by atoms with Gasteiger partial charge in [0.05, 0.1) is 11.1 Å². The SMILES string of the molecule is CC(C)(C)OC(=O)c1ccn(C(=O)N2CCN(Cc3ccc(C(N)=O)c(C(F)(F)F)c3)CC2)n1. The van der Waals surface area contributed by atoms with Crippen LogP contribution >= 0.6 is 0 Å². The van der Waals surface area contributed by atoms with Crippen molar-refractivity contribution in [2.75, 3.05) is 26.2 Å². The quantitative estimate of drug-likeness (QED) is 0.673. The summed E-state index contributed by atoms with van der Waals surface area (Å²) in [5.74, 6) is -1.77. The Balaban J connectivity index is 1.60. The molecule has 0 spiro atoms. The number of halogens is 3. The van der Waals surface area contributed by atoms with Gasteiger partial charge in [0.2, 0.25) is 5.91 Å². The number of ether oxygens (including phenoxy) is 1. The average Bonchev–Trinajstić information content (AvgIpc) is 3.22. The monoisotopic (exact) mass is 481 g/mol. The lowest BCUT2D eigenvalue weighted by molar-refractivity contribution is -0.138. The van der Waals surface area contributed by atoms with Crippen LogP contribution in [0.5, 0.6) is 0 Å². The number of piperazine rings is 1. The molecular weight excluding hydrogens is 455 g/mol. The van der Waals surface area contributed by atoms with Crippen LogP contribution in [0.25, 0.3) is 0 Å². The number of nitrogens with zero attached hydrogens (tertiary/aromatic N) is 4. The summed E-state index contributed by atoms with van der Waals surface area (Å²) >= 11 is 0. The van der Waals surface area contributed by atoms with Gasteiger partial charge in [-0.05, 0) is 44.5 Å². The maximum absolute atomic E-state index is 13.3. The van der Waals surface area contributed by atoms with Crippen LogP contribution in [0.4, 0.5) is 18.0 Å². The number of hydrogen-bond acceptors (Lipinski definition) is 6. The van der Waals surface area contributed by atoms with Crippen molar-refractivity contribution >= 4 is 17.9 Å². The molecule has 1 fully saturated rings. The number of benzene rings is 1. The maximum atomic E-state index is 13.3. The Hall–Kier alpha value is -3.41. The number of carbonyl (C=O) groups excluding carboxylic acids is 3. The number of hydrogen-bond donors (Lipinski definition) is 1. The fourth-order valence-electron chi connectivity index (χ4n) is 3.51. The van der Waals surface area contributed by atoms with Crippen molar-refractivity contribution in [1.82, 2.24) is 19.6 Å². The lowest BCUT2D eigenvalue weighted by Crippen LogP contribution is -2.49. The number of nitrogens with two attached hydrogens (primary N) is 1. The molecule has 0 unspecified atom stereocenters. The molecule has 3 rings (SSSR count). The molecule has 1 aromatic heterocycles. The van der Waals surface area contributed by atoms with Gasteiger partial charge in [0.1, 0.15) is 5.60 Å². The van der Waals surface area contributed by atoms with Gasteiger partial charge in [-0.1, -0.05) is 6.07 Å². The Morgan fingerprint density at radius 3 is 2.26 bits per heavy atom. The van der Waals surface area contributed by atoms with Crippen molar-refractivity contribution in [3.8, 4) is 0 Å². The highest BCUT2D eigenvalue weighted by atomic mass is 19.4. The Morgan fingerprint density at radius 2 is 1.71 bits per heavy atom. The number of primary amides is 1. The van der Waals surface area contributed by atoms with Crippen LogP contribution in [-0.2, 0) is 17.5 Å². The first-order chi connectivity index (χ1) is 15.7. The van der Waals surface area contributed by atoms with Crippen molar-refractivity contribution < 1.29 is 32.3 Å². The van der Waals surface area contributed by atoms with Crippen LogP contribution in [0.15, 0.2) is 30.5 Å². The largest absolute Gasteiger partial charge is 0.455 e. The van der Waals surface area contributed by atoms with Gasteiger partial charge in [-0.25, -0.2) is 9.59 Å². The molecule has 2 heterocycles. The van der Waals surface area contributed by atoms with E-state index in [1.807, 2.05) is 4.90 Å². The van der Waals surface area contributed by atoms with E-state index in [1.54, 1.807) is 25.7 Å². The molecule has 12 heteroatoms. The molecule has 1 aromatic carbocycles. The minimum absolute atomic E-state index is 0.0155. The number of amides is 2. The summed E-state index contributed by atoms with van der Waals surface area (Å²) < 4.78 is 46.2. The molecule has 2 aromatic rings. The fourth-order valence-corrected chi connectivity index (χ4v) is 3.51. The third-order valence-electron chi connectivity index (χ3n) is 5.10. The van der Waals surface area contributed by atoms with Gasteiger partial charge < -0.3 is 15.4 Å². The van der Waals surface area contributed by atoms with E-state index in [0.717, 1.165) is 16.8 Å². The number of esters is 1. The van der Waals surface area contributed by atoms with Crippen molar-refractivity contribution in [3.63, 3.8) is 0 Å². The zero-order valence-corrected chi connectivity index (χ0v) is 19.1. The minimum atomic E-state index is -4.70. The number of aromatic nitrogens is 2. The van der Waals surface area contributed by atoms with Crippen molar-refractivity contribution in [2.24, 2.45) is 5.73 Å². The molecule has 34 heavy (non-hydrogen) atoms. The van der Waals surface area contributed by atoms with Gasteiger partial charge >= 0.3 is 18.2 Å². The van der Waals surface area contributed by atoms with Crippen molar-refractivity contribution in [2.45, 2.75) is 39.1 Å². The van der Waals surface area contributed by atoms with Gasteiger partial charge in [-0.2, -0.15) is 23.0 Å². The number of carbonyl (C=O) groups is 3. The van der Waals surface area contributed by atoms with Crippen LogP contribution in [0.3, 0.4) is 0 Å². The summed E-state index contributed by atoms with van der Waals surface area (Å²) in [7, 11) is 0. The second-order valence-corrected chi connectivity index (χ2v) is 8.94. The van der Waals surface area contributed by atoms with Gasteiger partial charge in [-0.15, -0.1) is 0 Å². The molecule has 0 aliphatic carbocycles. The summed E-state index contributed by atoms with van der Waals surface area (Å²) in [5.41, 5.74) is 3.13. The summed E-state index contributed by atoms with van der Waals surface area (Å²) in [6.07, 6.45) is -3.32. The van der Waals surface area contributed by atoms with Gasteiger partial charge in [0.25, 0.3) is 0 Å². The highest BCUT2D eigenvalue weighted by molar-refractivity contribution is 5.94. The zero-order valence-electron chi connectivity index (χ0n) is 19.1. The molecule has 0 atom stereocenters. The lowest BCUT2D eigenvalue weighted by atomic mass is 10.0. The highest BCUT2D eigenvalue weighted by Crippen LogP contribution is 2.33. The predicted octanol–water partition coefficient (Wildman–Crippen LogP) is 2.74. The van der Waals surface area contributed by atoms with Crippen LogP contribution in [0, 0.1) is 0 Å². The Bertz CT molecular complexity index is 1080. The summed E-state index contributed by atoms with van der Waals surface area (Å²) in [6.45, 7) is 6.88. The standard InChI is InChI=1S/C22H26F3N5O4/c1-21(2,3)34-19(32)17-6-7-30(27-17)20(33)29-10-8-28(9-11-29)13-14-4-5-15(18(26)31)16(12-14)22(23,24)25/h4-7,12H,8-11,13H2,1-3H3,(H2,26,31). The Morgan fingerprint density at radius 1 is 1.06 bits per heavy atom. The molecule has 1 aliphatic rings. The van der Waals surface area contributed by atoms with E-state index in [4.69, 9.17) is 10.5 Å². The molecule has 0 saturated carbocycles. The second kappa shape index (κ2) is 9.45. The van der Waals surface area contributed by atoms with Crippen molar-refractivity contribution in [1.29, 1.82) is 0 Å². The summed E-state index contributed by atoms with van der Waals surface area (Å²) in [5, 5.41) is 4.00. The lowest BCUT2D eigenvalue weighted by Gasteiger charge is -2.34. The van der Waals surface area contributed by atoms with E-state index >= 15 is 0 Å². The van der Waals surface area contributed by atoms with E-state index in [-0.39, 0.29) is 12.2 Å². The van der Waals surface area contributed by atoms with Gasteiger partial charge in [-0.3, -0.25) is 9.69 Å². The van der Waals surface area contributed by atoms with Crippen LogP contribution in [0.2, 0.25) is 0 Å². The van der Waals surface area contributed by atoms with Gasteiger partial charge in [0.15, 0.2) is 5.69 Å². The smallest absolute Gasteiger partial charge is 0.417 e. The topological polar surface area (TPSA) is 111 Å². The average molecular weight is 481 g/mol. The first kappa shape index (κ1) is 25.2. The highest BCUT2D eigenvalue weighted by Gasteiger charge is 2.35. The Labute approximate surface area is 194 Å². The fraction of sp³-hybridized carbons (Fsp3) is 0.455. The van der Waals surface area contributed by atoms with E-state index in [9.17, 15) is 27.6 Å². The first-order valence-electron chi connectivity index (χ1n) is 10.5. The zero-order chi connectivity index (χ0) is 25.3. The molecule has 1 aliphatic heterocycles. The van der Waals surface area contributed by atoms with E-state index in [1.165, 1.54) is 18.3 Å². The van der Waals surface area contributed by atoms with Crippen LogP contribution < -0.4 is 5.73 Å². The van der Waals surface area contributed by atoms with Crippen LogP contribution in [0.1, 0.15) is 52.7 Å². The number of rotatable bonds is 4. The third-order valence-corrected chi connectivity index (χ3v) is 5.10. The molecule has 184 valence electrons. The second-order valence-electron chi connectivity index (χ2n) is 8.94. The van der Waals surface area contributed by atoms with Crippen LogP contribution in [-0.4, -0.2) is 69.3 Å². The van der Waals surface area contributed by atoms with Crippen molar-refractivity contribution in [3.05, 3.63) is 52.8 Å². The molecule has 1 saturated heterocycles. The molecular formula is C22H26F3N5O4. The predicted molar refractivity (Wildman–Crippen MR) is 115 cm³/mol. The third kappa shape index (κ3) is 6.13. The normalized spacial score (nSPS) is 15.3. The van der Waals surface area contributed by atoms with E-state index in [2.05, 4.69) is 5.10 Å². The molecule has 2 amide bonds. The molecule has 9 nitrogen and oxygen atoms in total. The van der Waals surface area contributed by atoms with E-state index in [0.29, 0.717) is 31.7 Å². The van der Waals surface area contributed by atoms with Gasteiger partial charge in [0, 0.05) is 38.9 Å². The first-order valence-corrected chi connectivity index (χ1v) is 10.5. The maximum Gasteiger partial charge on any atom is 0.417 e. The summed E-state index contributed by atoms with van der Waals surface area (Å²) in [4.78, 5) is 39.6. The Kier molecular flexibility index (Phi) is 7.01. The molecule has 0 radical (unpaired) electrons.